The van der Waals surface area contributed by atoms with Crippen LogP contribution in [0, 0.1) is 13.8 Å². The number of aryl methyl sites for hydroxylation is 2. The van der Waals surface area contributed by atoms with Gasteiger partial charge in [-0.05, 0) is 44.0 Å². The summed E-state index contributed by atoms with van der Waals surface area (Å²) in [5.41, 5.74) is 2.32. The first-order valence-electron chi connectivity index (χ1n) is 8.42. The lowest BCUT2D eigenvalue weighted by Gasteiger charge is -2.19. The van der Waals surface area contributed by atoms with Crippen molar-refractivity contribution in [2.75, 3.05) is 28.4 Å². The van der Waals surface area contributed by atoms with Gasteiger partial charge in [-0.1, -0.05) is 17.7 Å². The van der Waals surface area contributed by atoms with Gasteiger partial charge in [0.15, 0.2) is 0 Å². The first kappa shape index (κ1) is 19.5. The van der Waals surface area contributed by atoms with E-state index in [1.807, 2.05) is 6.92 Å². The maximum atomic E-state index is 12.8. The van der Waals surface area contributed by atoms with Crippen LogP contribution in [0.15, 0.2) is 41.3 Å². The first-order chi connectivity index (χ1) is 12.6. The van der Waals surface area contributed by atoms with Gasteiger partial charge in [0.1, 0.15) is 5.75 Å². The van der Waals surface area contributed by atoms with E-state index in [9.17, 15) is 16.8 Å². The van der Waals surface area contributed by atoms with Gasteiger partial charge in [0, 0.05) is 12.6 Å². The van der Waals surface area contributed by atoms with Gasteiger partial charge in [-0.15, -0.1) is 0 Å². The van der Waals surface area contributed by atoms with Gasteiger partial charge in [0.05, 0.1) is 29.1 Å². The molecule has 2 aromatic rings. The van der Waals surface area contributed by atoms with Crippen molar-refractivity contribution in [1.82, 2.24) is 0 Å². The Morgan fingerprint density at radius 2 is 1.85 bits per heavy atom. The number of ether oxygens (including phenoxy) is 1. The molecule has 0 aliphatic carbocycles. The molecule has 7 nitrogen and oxygen atoms in total. The third-order valence-corrected chi connectivity index (χ3v) is 7.83. The Kier molecular flexibility index (Phi) is 5.09. The Hall–Kier alpha value is -2.26. The maximum Gasteiger partial charge on any atom is 0.262 e. The maximum absolute atomic E-state index is 12.8. The zero-order valence-electron chi connectivity index (χ0n) is 15.4. The molecule has 3 rings (SSSR count). The molecule has 0 saturated carbocycles. The molecule has 1 N–H and O–H groups in total. The molecule has 0 bridgehead atoms. The van der Waals surface area contributed by atoms with Gasteiger partial charge >= 0.3 is 0 Å². The molecular formula is C18H22N2O5S2. The number of sulfonamides is 2. The largest absolute Gasteiger partial charge is 0.494 e. The van der Waals surface area contributed by atoms with Gasteiger partial charge < -0.3 is 4.74 Å². The Bertz CT molecular complexity index is 1080. The van der Waals surface area contributed by atoms with Crippen molar-refractivity contribution in [2.45, 2.75) is 25.2 Å². The second-order valence-corrected chi connectivity index (χ2v) is 10.2. The minimum atomic E-state index is -3.81. The highest BCUT2D eigenvalue weighted by Gasteiger charge is 2.29. The molecule has 1 fully saturated rings. The van der Waals surface area contributed by atoms with Gasteiger partial charge in [0.25, 0.3) is 10.0 Å². The molecule has 2 aromatic carbocycles. The highest BCUT2D eigenvalue weighted by molar-refractivity contribution is 7.93. The van der Waals surface area contributed by atoms with E-state index in [-0.39, 0.29) is 22.1 Å². The zero-order chi connectivity index (χ0) is 19.8. The van der Waals surface area contributed by atoms with Gasteiger partial charge in [-0.2, -0.15) is 0 Å². The van der Waals surface area contributed by atoms with Crippen molar-refractivity contribution in [1.29, 1.82) is 0 Å². The van der Waals surface area contributed by atoms with Crippen molar-refractivity contribution in [3.8, 4) is 5.75 Å². The molecule has 0 unspecified atom stereocenters. The average Bonchev–Trinajstić information content (AvgIpc) is 2.93. The van der Waals surface area contributed by atoms with Crippen LogP contribution in [0.4, 0.5) is 11.4 Å². The van der Waals surface area contributed by atoms with Crippen LogP contribution >= 0.6 is 0 Å². The second kappa shape index (κ2) is 7.05. The van der Waals surface area contributed by atoms with E-state index in [4.69, 9.17) is 4.74 Å². The van der Waals surface area contributed by atoms with Crippen molar-refractivity contribution < 1.29 is 21.6 Å². The number of nitrogens with one attached hydrogen (secondary N) is 1. The van der Waals surface area contributed by atoms with E-state index < -0.39 is 20.0 Å². The summed E-state index contributed by atoms with van der Waals surface area (Å²) >= 11 is 0. The van der Waals surface area contributed by atoms with Crippen LogP contribution < -0.4 is 13.8 Å². The minimum absolute atomic E-state index is 0.108. The summed E-state index contributed by atoms with van der Waals surface area (Å²) in [6.45, 7) is 4.03. The lowest BCUT2D eigenvalue weighted by Crippen LogP contribution is -2.25. The molecular weight excluding hydrogens is 388 g/mol. The van der Waals surface area contributed by atoms with E-state index in [2.05, 4.69) is 4.72 Å². The molecule has 146 valence electrons. The van der Waals surface area contributed by atoms with Crippen molar-refractivity contribution in [3.05, 3.63) is 47.5 Å². The lowest BCUT2D eigenvalue weighted by atomic mass is 10.2. The molecule has 0 aromatic heterocycles. The topological polar surface area (TPSA) is 92.8 Å². The van der Waals surface area contributed by atoms with Gasteiger partial charge in [-0.3, -0.25) is 9.03 Å². The number of anilines is 2. The quantitative estimate of drug-likeness (QED) is 0.818. The van der Waals surface area contributed by atoms with Crippen LogP contribution in [0.1, 0.15) is 17.5 Å². The molecule has 1 saturated heterocycles. The molecule has 0 radical (unpaired) electrons. The monoisotopic (exact) mass is 410 g/mol. The fraction of sp³-hybridized carbons (Fsp3) is 0.333. The lowest BCUT2D eigenvalue weighted by molar-refractivity contribution is 0.417. The molecule has 0 atom stereocenters. The van der Waals surface area contributed by atoms with Crippen LogP contribution in [0.2, 0.25) is 0 Å². The average molecular weight is 411 g/mol. The molecule has 0 spiro atoms. The van der Waals surface area contributed by atoms with E-state index in [0.717, 1.165) is 5.56 Å². The Morgan fingerprint density at radius 3 is 2.44 bits per heavy atom. The zero-order valence-corrected chi connectivity index (χ0v) is 17.0. The van der Waals surface area contributed by atoms with E-state index in [1.54, 1.807) is 31.2 Å². The van der Waals surface area contributed by atoms with Crippen LogP contribution in [0.3, 0.4) is 0 Å². The van der Waals surface area contributed by atoms with Crippen molar-refractivity contribution >= 4 is 31.4 Å². The minimum Gasteiger partial charge on any atom is -0.494 e. The fourth-order valence-corrected chi connectivity index (χ4v) is 6.00. The molecule has 0 amide bonds. The Morgan fingerprint density at radius 1 is 1.11 bits per heavy atom. The predicted octanol–water partition coefficient (Wildman–Crippen LogP) is 2.65. The highest BCUT2D eigenvalue weighted by Crippen LogP contribution is 2.34. The van der Waals surface area contributed by atoms with E-state index in [1.165, 1.54) is 23.5 Å². The molecule has 27 heavy (non-hydrogen) atoms. The smallest absolute Gasteiger partial charge is 0.262 e. The van der Waals surface area contributed by atoms with Crippen LogP contribution in [0.5, 0.6) is 5.75 Å². The Labute approximate surface area is 160 Å². The molecule has 9 heteroatoms. The number of methoxy groups -OCH3 is 1. The highest BCUT2D eigenvalue weighted by atomic mass is 32.2. The van der Waals surface area contributed by atoms with Gasteiger partial charge in [0.2, 0.25) is 10.0 Å². The van der Waals surface area contributed by atoms with Crippen LogP contribution in [0.25, 0.3) is 0 Å². The number of hydrogen-bond donors (Lipinski definition) is 1. The summed E-state index contributed by atoms with van der Waals surface area (Å²) in [6, 6.07) is 9.72. The summed E-state index contributed by atoms with van der Waals surface area (Å²) < 4.78 is 58.9. The summed E-state index contributed by atoms with van der Waals surface area (Å²) in [4.78, 5) is 0.182. The second-order valence-electron chi connectivity index (χ2n) is 6.50. The normalized spacial score (nSPS) is 16.3. The van der Waals surface area contributed by atoms with Crippen LogP contribution in [-0.4, -0.2) is 36.2 Å². The standard InChI is InChI=1S/C18H22N2O5S2/c1-13-5-8-18(14(2)11-13)27(23,24)19-16-7-6-15(12-17(16)25-3)20-9-4-10-26(20,21)22/h5-8,11-12,19H,4,9-10H2,1-3H3. The number of rotatable bonds is 5. The summed E-state index contributed by atoms with van der Waals surface area (Å²) in [6.07, 6.45) is 0.561. The summed E-state index contributed by atoms with van der Waals surface area (Å²) in [7, 11) is -5.73. The van der Waals surface area contributed by atoms with E-state index >= 15 is 0 Å². The Balaban J connectivity index is 1.95. The summed E-state index contributed by atoms with van der Waals surface area (Å²) in [5, 5.41) is 0. The molecule has 1 heterocycles. The molecule has 1 aliphatic rings. The number of hydrogen-bond acceptors (Lipinski definition) is 5. The fourth-order valence-electron chi connectivity index (χ4n) is 3.15. The third-order valence-electron chi connectivity index (χ3n) is 4.44. The number of nitrogens with zero attached hydrogens (tertiary/aromatic N) is 1. The SMILES string of the molecule is COc1cc(N2CCCS2(=O)=O)ccc1NS(=O)(=O)c1ccc(C)cc1C. The third kappa shape index (κ3) is 3.89. The van der Waals surface area contributed by atoms with Gasteiger partial charge in [-0.25, -0.2) is 16.8 Å². The predicted molar refractivity (Wildman–Crippen MR) is 105 cm³/mol. The summed E-state index contributed by atoms with van der Waals surface area (Å²) in [5.74, 6) is 0.360. The van der Waals surface area contributed by atoms with Crippen molar-refractivity contribution in [3.63, 3.8) is 0 Å². The number of benzene rings is 2. The molecule has 1 aliphatic heterocycles. The van der Waals surface area contributed by atoms with Crippen molar-refractivity contribution in [2.24, 2.45) is 0 Å². The van der Waals surface area contributed by atoms with E-state index in [0.29, 0.717) is 24.2 Å². The van der Waals surface area contributed by atoms with Crippen LogP contribution in [-0.2, 0) is 20.0 Å². The first-order valence-corrected chi connectivity index (χ1v) is 11.5.